The minimum atomic E-state index is 0.0102. The summed E-state index contributed by atoms with van der Waals surface area (Å²) in [6, 6.07) is 3.87. The van der Waals surface area contributed by atoms with E-state index < -0.39 is 0 Å². The predicted octanol–water partition coefficient (Wildman–Crippen LogP) is 3.79. The molecule has 0 bridgehead atoms. The number of halogens is 2. The van der Waals surface area contributed by atoms with Crippen LogP contribution in [0.25, 0.3) is 10.1 Å². The maximum absolute atomic E-state index is 9.26. The number of rotatable bonds is 2. The van der Waals surface area contributed by atoms with Crippen LogP contribution in [0.2, 0.25) is 5.02 Å². The van der Waals surface area contributed by atoms with Crippen molar-refractivity contribution in [1.29, 1.82) is 0 Å². The van der Waals surface area contributed by atoms with Crippen LogP contribution in [0, 0.1) is 0 Å². The van der Waals surface area contributed by atoms with Crippen molar-refractivity contribution >= 4 is 44.6 Å². The molecule has 0 amide bonds. The second-order valence-electron chi connectivity index (χ2n) is 2.96. The van der Waals surface area contributed by atoms with Gasteiger partial charge in [-0.05, 0) is 11.1 Å². The van der Waals surface area contributed by atoms with Crippen LogP contribution >= 0.6 is 34.5 Å². The second-order valence-corrected chi connectivity index (χ2v) is 4.51. The van der Waals surface area contributed by atoms with Gasteiger partial charge in [-0.1, -0.05) is 23.7 Å². The minimum Gasteiger partial charge on any atom is -0.392 e. The molecule has 1 aromatic heterocycles. The summed E-state index contributed by atoms with van der Waals surface area (Å²) in [7, 11) is 0. The van der Waals surface area contributed by atoms with Crippen molar-refractivity contribution in [2.45, 2.75) is 12.5 Å². The maximum atomic E-state index is 9.26. The summed E-state index contributed by atoms with van der Waals surface area (Å²) in [4.78, 5) is 0. The zero-order valence-electron chi connectivity index (χ0n) is 7.26. The third kappa shape index (κ3) is 1.52. The lowest BCUT2D eigenvalue weighted by molar-refractivity contribution is 0.282. The van der Waals surface area contributed by atoms with Crippen molar-refractivity contribution < 1.29 is 5.11 Å². The lowest BCUT2D eigenvalue weighted by Gasteiger charge is -2.05. The van der Waals surface area contributed by atoms with E-state index >= 15 is 0 Å². The fraction of sp³-hybridized carbons (Fsp3) is 0.200. The van der Waals surface area contributed by atoms with Crippen LogP contribution in [0.15, 0.2) is 17.5 Å². The molecule has 4 heteroatoms. The van der Waals surface area contributed by atoms with Gasteiger partial charge in [-0.3, -0.25) is 0 Å². The van der Waals surface area contributed by atoms with Crippen LogP contribution in [-0.2, 0) is 12.5 Å². The molecule has 0 aliphatic carbocycles. The second kappa shape index (κ2) is 4.07. The fourth-order valence-corrected chi connectivity index (χ4v) is 3.05. The van der Waals surface area contributed by atoms with Gasteiger partial charge in [0, 0.05) is 21.3 Å². The van der Waals surface area contributed by atoms with E-state index in [0.29, 0.717) is 5.88 Å². The number of fused-ring (bicyclic) bond motifs is 1. The van der Waals surface area contributed by atoms with Gasteiger partial charge in [0.05, 0.1) is 11.6 Å². The zero-order chi connectivity index (χ0) is 10.1. The van der Waals surface area contributed by atoms with Crippen molar-refractivity contribution in [2.75, 3.05) is 0 Å². The molecular weight excluding hydrogens is 239 g/mol. The molecule has 0 radical (unpaired) electrons. The highest BCUT2D eigenvalue weighted by Crippen LogP contribution is 2.34. The molecule has 14 heavy (non-hydrogen) atoms. The molecule has 74 valence electrons. The van der Waals surface area contributed by atoms with E-state index in [1.807, 2.05) is 17.5 Å². The highest BCUT2D eigenvalue weighted by Gasteiger charge is 2.09. The first-order valence-electron chi connectivity index (χ1n) is 4.12. The quantitative estimate of drug-likeness (QED) is 0.800. The lowest BCUT2D eigenvalue weighted by Crippen LogP contribution is -1.90. The number of thiophene rings is 1. The molecule has 0 saturated heterocycles. The topological polar surface area (TPSA) is 20.2 Å². The van der Waals surface area contributed by atoms with Crippen LogP contribution in [-0.4, -0.2) is 5.11 Å². The standard InChI is InChI=1S/C10H8Cl2OS/c11-3-6-1-2-7-9(12)5-14-10(7)8(6)4-13/h1-2,5,13H,3-4H2. The zero-order valence-corrected chi connectivity index (χ0v) is 9.59. The first kappa shape index (κ1) is 10.2. The summed E-state index contributed by atoms with van der Waals surface area (Å²) in [5.74, 6) is 0.418. The number of aliphatic hydroxyl groups excluding tert-OH is 1. The molecule has 0 spiro atoms. The Kier molecular flexibility index (Phi) is 2.98. The van der Waals surface area contributed by atoms with Gasteiger partial charge in [0.2, 0.25) is 0 Å². The molecule has 1 aromatic carbocycles. The lowest BCUT2D eigenvalue weighted by atomic mass is 10.1. The molecule has 0 aliphatic heterocycles. The Hall–Kier alpha value is -0.280. The van der Waals surface area contributed by atoms with Crippen LogP contribution < -0.4 is 0 Å². The molecule has 2 aromatic rings. The van der Waals surface area contributed by atoms with Crippen LogP contribution in [0.4, 0.5) is 0 Å². The number of hydrogen-bond acceptors (Lipinski definition) is 2. The fourth-order valence-electron chi connectivity index (χ4n) is 1.46. The number of aliphatic hydroxyl groups is 1. The smallest absolute Gasteiger partial charge is 0.0699 e. The summed E-state index contributed by atoms with van der Waals surface area (Å²) < 4.78 is 1.04. The molecule has 1 heterocycles. The summed E-state index contributed by atoms with van der Waals surface area (Å²) in [5.41, 5.74) is 1.87. The van der Waals surface area contributed by atoms with E-state index in [4.69, 9.17) is 23.2 Å². The van der Waals surface area contributed by atoms with Gasteiger partial charge in [0.25, 0.3) is 0 Å². The molecule has 0 atom stereocenters. The summed E-state index contributed by atoms with van der Waals surface area (Å²) in [5, 5.41) is 12.9. The summed E-state index contributed by atoms with van der Waals surface area (Å²) in [6.45, 7) is 0.0102. The van der Waals surface area contributed by atoms with Gasteiger partial charge >= 0.3 is 0 Å². The van der Waals surface area contributed by atoms with Crippen molar-refractivity contribution in [3.63, 3.8) is 0 Å². The Balaban J connectivity index is 2.77. The van der Waals surface area contributed by atoms with E-state index in [1.165, 1.54) is 0 Å². The van der Waals surface area contributed by atoms with Gasteiger partial charge in [-0.15, -0.1) is 22.9 Å². The van der Waals surface area contributed by atoms with Gasteiger partial charge in [-0.2, -0.15) is 0 Å². The Morgan fingerprint density at radius 1 is 1.36 bits per heavy atom. The predicted molar refractivity (Wildman–Crippen MR) is 62.3 cm³/mol. The molecule has 1 N–H and O–H groups in total. The van der Waals surface area contributed by atoms with E-state index in [2.05, 4.69) is 0 Å². The largest absolute Gasteiger partial charge is 0.392 e. The van der Waals surface area contributed by atoms with Gasteiger partial charge < -0.3 is 5.11 Å². The Morgan fingerprint density at radius 3 is 2.79 bits per heavy atom. The minimum absolute atomic E-state index is 0.0102. The van der Waals surface area contributed by atoms with E-state index in [-0.39, 0.29) is 6.61 Å². The normalized spacial score (nSPS) is 11.1. The van der Waals surface area contributed by atoms with E-state index in [1.54, 1.807) is 11.3 Å². The molecule has 0 unspecified atom stereocenters. The molecule has 0 aliphatic rings. The van der Waals surface area contributed by atoms with Gasteiger partial charge in [0.15, 0.2) is 0 Å². The van der Waals surface area contributed by atoms with Crippen molar-refractivity contribution in [1.82, 2.24) is 0 Å². The van der Waals surface area contributed by atoms with Crippen LogP contribution in [0.5, 0.6) is 0 Å². The highest BCUT2D eigenvalue weighted by atomic mass is 35.5. The van der Waals surface area contributed by atoms with Crippen LogP contribution in [0.1, 0.15) is 11.1 Å². The maximum Gasteiger partial charge on any atom is 0.0699 e. The monoisotopic (exact) mass is 246 g/mol. The molecule has 1 nitrogen and oxygen atoms in total. The van der Waals surface area contributed by atoms with E-state index in [0.717, 1.165) is 26.2 Å². The van der Waals surface area contributed by atoms with Crippen LogP contribution in [0.3, 0.4) is 0 Å². The number of benzene rings is 1. The molecule has 0 saturated carbocycles. The number of hydrogen-bond donors (Lipinski definition) is 1. The SMILES string of the molecule is OCc1c(CCl)ccc2c(Cl)csc12. The Morgan fingerprint density at radius 2 is 2.14 bits per heavy atom. The first-order chi connectivity index (χ1) is 6.77. The van der Waals surface area contributed by atoms with Crippen molar-refractivity contribution in [2.24, 2.45) is 0 Å². The van der Waals surface area contributed by atoms with Crippen molar-refractivity contribution in [3.05, 3.63) is 33.7 Å². The Bertz CT molecular complexity index is 464. The third-order valence-electron chi connectivity index (χ3n) is 2.20. The highest BCUT2D eigenvalue weighted by molar-refractivity contribution is 7.18. The molecule has 2 rings (SSSR count). The van der Waals surface area contributed by atoms with Gasteiger partial charge in [0.1, 0.15) is 0 Å². The summed E-state index contributed by atoms with van der Waals surface area (Å²) in [6.07, 6.45) is 0. The average Bonchev–Trinajstić information content (AvgIpc) is 2.59. The van der Waals surface area contributed by atoms with Crippen molar-refractivity contribution in [3.8, 4) is 0 Å². The Labute approximate surface area is 95.9 Å². The summed E-state index contributed by atoms with van der Waals surface area (Å²) >= 11 is 13.3. The number of alkyl halides is 1. The first-order valence-corrected chi connectivity index (χ1v) is 5.91. The molecule has 0 fully saturated rings. The van der Waals surface area contributed by atoms with E-state index in [9.17, 15) is 5.11 Å². The average molecular weight is 247 g/mol. The van der Waals surface area contributed by atoms with Gasteiger partial charge in [-0.25, -0.2) is 0 Å². The molecular formula is C10H8Cl2OS. The third-order valence-corrected chi connectivity index (χ3v) is 3.98.